The van der Waals surface area contributed by atoms with E-state index >= 15 is 0 Å². The maximum Gasteiger partial charge on any atom is 0.255 e. The summed E-state index contributed by atoms with van der Waals surface area (Å²) < 4.78 is 5.37. The van der Waals surface area contributed by atoms with Gasteiger partial charge in [0.2, 0.25) is 0 Å². The third-order valence-electron chi connectivity index (χ3n) is 4.37. The molecule has 1 saturated heterocycles. The number of hydrogen-bond acceptors (Lipinski definition) is 3. The molecule has 0 radical (unpaired) electrons. The van der Waals surface area contributed by atoms with Crippen LogP contribution < -0.4 is 5.32 Å². The van der Waals surface area contributed by atoms with Gasteiger partial charge in [0.1, 0.15) is 0 Å². The van der Waals surface area contributed by atoms with E-state index in [1.165, 1.54) is 5.56 Å². The van der Waals surface area contributed by atoms with Crippen molar-refractivity contribution in [2.24, 2.45) is 0 Å². The Labute approximate surface area is 120 Å². The van der Waals surface area contributed by atoms with Gasteiger partial charge in [-0.05, 0) is 37.3 Å². The van der Waals surface area contributed by atoms with Crippen LogP contribution in [-0.4, -0.2) is 43.7 Å². The second-order valence-electron chi connectivity index (χ2n) is 5.60. The summed E-state index contributed by atoms with van der Waals surface area (Å²) in [6, 6.07) is 6.07. The lowest BCUT2D eigenvalue weighted by atomic mass is 9.98. The number of rotatable bonds is 2. The summed E-state index contributed by atoms with van der Waals surface area (Å²) in [7, 11) is 1.75. The number of nitrogens with zero attached hydrogens (tertiary/aromatic N) is 1. The molecule has 3 rings (SSSR count). The summed E-state index contributed by atoms with van der Waals surface area (Å²) in [5, 5.41) is 3.40. The van der Waals surface area contributed by atoms with Crippen molar-refractivity contribution in [3.05, 3.63) is 29.3 Å². The Balaban J connectivity index is 1.78. The summed E-state index contributed by atoms with van der Waals surface area (Å²) in [6.07, 6.45) is 4.39. The van der Waals surface area contributed by atoms with Crippen LogP contribution in [0.4, 0.5) is 5.69 Å². The van der Waals surface area contributed by atoms with Crippen LogP contribution in [-0.2, 0) is 11.2 Å². The summed E-state index contributed by atoms with van der Waals surface area (Å²) >= 11 is 0. The van der Waals surface area contributed by atoms with Gasteiger partial charge < -0.3 is 15.0 Å². The molecule has 1 fully saturated rings. The van der Waals surface area contributed by atoms with E-state index in [9.17, 15) is 4.79 Å². The van der Waals surface area contributed by atoms with Crippen LogP contribution in [0.2, 0.25) is 0 Å². The fraction of sp³-hybridized carbons (Fsp3) is 0.562. The van der Waals surface area contributed by atoms with Gasteiger partial charge in [-0.25, -0.2) is 0 Å². The van der Waals surface area contributed by atoms with E-state index in [4.69, 9.17) is 4.74 Å². The van der Waals surface area contributed by atoms with Crippen LogP contribution in [0, 0.1) is 0 Å². The molecule has 0 atom stereocenters. The minimum absolute atomic E-state index is 0.158. The van der Waals surface area contributed by atoms with E-state index in [0.717, 1.165) is 56.6 Å². The van der Waals surface area contributed by atoms with Crippen molar-refractivity contribution in [1.82, 2.24) is 4.90 Å². The molecule has 108 valence electrons. The molecule has 2 aliphatic heterocycles. The maximum absolute atomic E-state index is 12.7. The zero-order valence-corrected chi connectivity index (χ0v) is 12.0. The smallest absolute Gasteiger partial charge is 0.255 e. The van der Waals surface area contributed by atoms with Gasteiger partial charge in [0.05, 0.1) is 17.4 Å². The predicted molar refractivity (Wildman–Crippen MR) is 79.2 cm³/mol. The molecule has 2 heterocycles. The first kappa shape index (κ1) is 13.4. The fourth-order valence-corrected chi connectivity index (χ4v) is 3.15. The van der Waals surface area contributed by atoms with Crippen LogP contribution in [0.25, 0.3) is 0 Å². The lowest BCUT2D eigenvalue weighted by Crippen LogP contribution is -2.41. The van der Waals surface area contributed by atoms with Crippen molar-refractivity contribution in [2.75, 3.05) is 32.1 Å². The molecule has 0 unspecified atom stereocenters. The molecule has 1 amide bonds. The molecule has 20 heavy (non-hydrogen) atoms. The van der Waals surface area contributed by atoms with E-state index in [0.29, 0.717) is 6.10 Å². The number of fused-ring (bicyclic) bond motifs is 1. The number of amides is 1. The third-order valence-corrected chi connectivity index (χ3v) is 4.37. The van der Waals surface area contributed by atoms with Gasteiger partial charge in [-0.1, -0.05) is 12.1 Å². The Hall–Kier alpha value is -1.55. The van der Waals surface area contributed by atoms with Crippen LogP contribution in [0.15, 0.2) is 18.2 Å². The summed E-state index contributed by atoms with van der Waals surface area (Å²) in [5.74, 6) is 0.158. The van der Waals surface area contributed by atoms with Gasteiger partial charge in [-0.3, -0.25) is 4.79 Å². The number of methoxy groups -OCH3 is 1. The normalized spacial score (nSPS) is 19.4. The first-order valence-corrected chi connectivity index (χ1v) is 7.47. The van der Waals surface area contributed by atoms with Crippen molar-refractivity contribution >= 4 is 11.6 Å². The molecule has 0 aromatic heterocycles. The van der Waals surface area contributed by atoms with E-state index in [1.54, 1.807) is 7.11 Å². The number of likely N-dealkylation sites (tertiary alicyclic amines) is 1. The largest absolute Gasteiger partial charge is 0.384 e. The monoisotopic (exact) mass is 274 g/mol. The number of anilines is 1. The molecule has 4 nitrogen and oxygen atoms in total. The number of carbonyl (C=O) groups excluding carboxylic acids is 1. The van der Waals surface area contributed by atoms with Gasteiger partial charge in [-0.2, -0.15) is 0 Å². The molecule has 2 aliphatic rings. The zero-order valence-electron chi connectivity index (χ0n) is 12.0. The number of para-hydroxylation sites is 1. The van der Waals surface area contributed by atoms with Gasteiger partial charge >= 0.3 is 0 Å². The van der Waals surface area contributed by atoms with Crippen LogP contribution in [0.1, 0.15) is 35.2 Å². The topological polar surface area (TPSA) is 41.6 Å². The van der Waals surface area contributed by atoms with Gasteiger partial charge in [0, 0.05) is 26.7 Å². The van der Waals surface area contributed by atoms with Crippen LogP contribution in [0.3, 0.4) is 0 Å². The fourth-order valence-electron chi connectivity index (χ4n) is 3.15. The molecule has 1 aromatic rings. The average Bonchev–Trinajstić information content (AvgIpc) is 2.54. The molecular formula is C16H22N2O2. The molecule has 1 N–H and O–H groups in total. The second kappa shape index (κ2) is 5.83. The zero-order chi connectivity index (χ0) is 13.9. The lowest BCUT2D eigenvalue weighted by molar-refractivity contribution is 0.0351. The van der Waals surface area contributed by atoms with Gasteiger partial charge in [0.25, 0.3) is 5.91 Å². The predicted octanol–water partition coefficient (Wildman–Crippen LogP) is 2.30. The first-order chi connectivity index (χ1) is 9.79. The first-order valence-electron chi connectivity index (χ1n) is 7.47. The van der Waals surface area contributed by atoms with Gasteiger partial charge in [0.15, 0.2) is 0 Å². The van der Waals surface area contributed by atoms with Crippen molar-refractivity contribution in [2.45, 2.75) is 31.8 Å². The summed E-state index contributed by atoms with van der Waals surface area (Å²) in [4.78, 5) is 14.7. The SMILES string of the molecule is COC1CCN(C(=O)c2cccc3c2NCCC3)CC1. The van der Waals surface area contributed by atoms with Crippen LogP contribution in [0.5, 0.6) is 0 Å². The standard InChI is InChI=1S/C16H22N2O2/c1-20-13-7-10-18(11-8-13)16(19)14-6-2-4-12-5-3-9-17-15(12)14/h2,4,6,13,17H,3,5,7-11H2,1H3. The second-order valence-corrected chi connectivity index (χ2v) is 5.60. The molecule has 0 aliphatic carbocycles. The minimum Gasteiger partial charge on any atom is -0.384 e. The lowest BCUT2D eigenvalue weighted by Gasteiger charge is -2.32. The summed E-state index contributed by atoms with van der Waals surface area (Å²) in [6.45, 7) is 2.55. The number of benzene rings is 1. The number of aryl methyl sites for hydroxylation is 1. The number of hydrogen-bond donors (Lipinski definition) is 1. The average molecular weight is 274 g/mol. The van der Waals surface area contributed by atoms with E-state index < -0.39 is 0 Å². The molecule has 4 heteroatoms. The number of piperidine rings is 1. The Kier molecular flexibility index (Phi) is 3.92. The van der Waals surface area contributed by atoms with E-state index in [1.807, 2.05) is 17.0 Å². The Bertz CT molecular complexity index is 493. The third kappa shape index (κ3) is 2.52. The van der Waals surface area contributed by atoms with E-state index in [2.05, 4.69) is 11.4 Å². The quantitative estimate of drug-likeness (QED) is 0.899. The Morgan fingerprint density at radius 3 is 2.90 bits per heavy atom. The highest BCUT2D eigenvalue weighted by Gasteiger charge is 2.26. The molecule has 1 aromatic carbocycles. The Morgan fingerprint density at radius 2 is 2.15 bits per heavy atom. The van der Waals surface area contributed by atoms with Crippen molar-refractivity contribution in [3.63, 3.8) is 0 Å². The highest BCUT2D eigenvalue weighted by molar-refractivity contribution is 6.00. The highest BCUT2D eigenvalue weighted by atomic mass is 16.5. The maximum atomic E-state index is 12.7. The molecular weight excluding hydrogens is 252 g/mol. The van der Waals surface area contributed by atoms with Crippen molar-refractivity contribution in [3.8, 4) is 0 Å². The Morgan fingerprint density at radius 1 is 1.35 bits per heavy atom. The van der Waals surface area contributed by atoms with Crippen molar-refractivity contribution in [1.29, 1.82) is 0 Å². The number of carbonyl (C=O) groups is 1. The molecule has 0 spiro atoms. The van der Waals surface area contributed by atoms with Crippen LogP contribution >= 0.6 is 0 Å². The number of nitrogens with one attached hydrogen (secondary N) is 1. The van der Waals surface area contributed by atoms with E-state index in [-0.39, 0.29) is 5.91 Å². The molecule has 0 saturated carbocycles. The van der Waals surface area contributed by atoms with Gasteiger partial charge in [-0.15, -0.1) is 0 Å². The summed E-state index contributed by atoms with van der Waals surface area (Å²) in [5.41, 5.74) is 3.16. The van der Waals surface area contributed by atoms with Crippen molar-refractivity contribution < 1.29 is 9.53 Å². The number of ether oxygens (including phenoxy) is 1. The molecule has 0 bridgehead atoms. The highest BCUT2D eigenvalue weighted by Crippen LogP contribution is 2.28. The minimum atomic E-state index is 0.158.